The number of esters is 1. The molecule has 0 spiro atoms. The van der Waals surface area contributed by atoms with Gasteiger partial charge in [-0.25, -0.2) is 4.79 Å². The van der Waals surface area contributed by atoms with Gasteiger partial charge >= 0.3 is 11.7 Å². The second-order valence-electron chi connectivity index (χ2n) is 5.14. The van der Waals surface area contributed by atoms with Crippen molar-refractivity contribution in [1.82, 2.24) is 0 Å². The number of anilines is 1. The molecule has 0 saturated heterocycles. The molecule has 0 fully saturated rings. The van der Waals surface area contributed by atoms with Gasteiger partial charge in [-0.05, 0) is 43.7 Å². The van der Waals surface area contributed by atoms with Crippen molar-refractivity contribution in [1.29, 1.82) is 0 Å². The van der Waals surface area contributed by atoms with Crippen molar-refractivity contribution < 1.29 is 14.5 Å². The van der Waals surface area contributed by atoms with Gasteiger partial charge in [-0.15, -0.1) is 0 Å². The fraction of sp³-hybridized carbons (Fsp3) is 0.188. The van der Waals surface area contributed by atoms with E-state index >= 15 is 0 Å². The van der Waals surface area contributed by atoms with Crippen LogP contribution in [0.25, 0.3) is 11.1 Å². The van der Waals surface area contributed by atoms with Crippen LogP contribution >= 0.6 is 15.9 Å². The van der Waals surface area contributed by atoms with Crippen molar-refractivity contribution >= 4 is 33.3 Å². The Morgan fingerprint density at radius 2 is 2.00 bits per heavy atom. The molecule has 0 aromatic heterocycles. The number of carbonyl (C=O) groups is 1. The summed E-state index contributed by atoms with van der Waals surface area (Å²) in [6.45, 7) is 3.39. The topological polar surface area (TPSA) is 95.5 Å². The van der Waals surface area contributed by atoms with Gasteiger partial charge in [0.1, 0.15) is 5.69 Å². The molecule has 0 atom stereocenters. The molecule has 2 rings (SSSR count). The Bertz CT molecular complexity index is 775. The van der Waals surface area contributed by atoms with Gasteiger partial charge in [-0.3, -0.25) is 10.1 Å². The molecular formula is C16H15BrN2O4. The highest BCUT2D eigenvalue weighted by molar-refractivity contribution is 9.10. The molecule has 0 saturated carbocycles. The normalized spacial score (nSPS) is 10.6. The average molecular weight is 379 g/mol. The van der Waals surface area contributed by atoms with Gasteiger partial charge in [-0.2, -0.15) is 0 Å². The third-order valence-corrected chi connectivity index (χ3v) is 3.59. The minimum absolute atomic E-state index is 0.0100. The molecule has 0 amide bonds. The third kappa shape index (κ3) is 3.68. The first kappa shape index (κ1) is 17.0. The SMILES string of the molecule is CC(C)OC(=O)c1ccc(-c2cccc(Br)c2)c([N+](=O)[O-])c1N. The number of halogens is 1. The summed E-state index contributed by atoms with van der Waals surface area (Å²) in [5, 5.41) is 11.5. The molecule has 2 aromatic rings. The monoisotopic (exact) mass is 378 g/mol. The van der Waals surface area contributed by atoms with Crippen molar-refractivity contribution in [3.63, 3.8) is 0 Å². The first-order valence-corrected chi connectivity index (χ1v) is 7.64. The molecule has 0 radical (unpaired) electrons. The Kier molecular flexibility index (Phi) is 5.00. The summed E-state index contributed by atoms with van der Waals surface area (Å²) in [7, 11) is 0. The van der Waals surface area contributed by atoms with Crippen LogP contribution < -0.4 is 5.73 Å². The second kappa shape index (κ2) is 6.78. The molecule has 0 heterocycles. The second-order valence-corrected chi connectivity index (χ2v) is 6.06. The van der Waals surface area contributed by atoms with Gasteiger partial charge in [0.2, 0.25) is 0 Å². The molecule has 23 heavy (non-hydrogen) atoms. The van der Waals surface area contributed by atoms with E-state index in [0.717, 1.165) is 4.47 Å². The number of nitro benzene ring substituents is 1. The highest BCUT2D eigenvalue weighted by atomic mass is 79.9. The Morgan fingerprint density at radius 1 is 1.30 bits per heavy atom. The Hall–Kier alpha value is -2.41. The highest BCUT2D eigenvalue weighted by Crippen LogP contribution is 2.37. The number of nitrogens with zero attached hydrogens (tertiary/aromatic N) is 1. The lowest BCUT2D eigenvalue weighted by Gasteiger charge is -2.12. The van der Waals surface area contributed by atoms with Gasteiger partial charge in [0.25, 0.3) is 0 Å². The fourth-order valence-electron chi connectivity index (χ4n) is 2.15. The Balaban J connectivity index is 2.61. The summed E-state index contributed by atoms with van der Waals surface area (Å²) in [6, 6.07) is 10.0. The lowest BCUT2D eigenvalue weighted by molar-refractivity contribution is -0.383. The van der Waals surface area contributed by atoms with E-state index in [1.165, 1.54) is 12.1 Å². The lowest BCUT2D eigenvalue weighted by Crippen LogP contribution is -2.14. The van der Waals surface area contributed by atoms with E-state index in [9.17, 15) is 14.9 Å². The maximum atomic E-state index is 12.0. The van der Waals surface area contributed by atoms with E-state index in [1.807, 2.05) is 6.07 Å². The summed E-state index contributed by atoms with van der Waals surface area (Å²) in [4.78, 5) is 22.9. The molecule has 0 aliphatic rings. The number of hydrogen-bond acceptors (Lipinski definition) is 5. The molecule has 6 nitrogen and oxygen atoms in total. The fourth-order valence-corrected chi connectivity index (χ4v) is 2.55. The maximum Gasteiger partial charge on any atom is 0.340 e. The van der Waals surface area contributed by atoms with Crippen molar-refractivity contribution in [2.45, 2.75) is 20.0 Å². The van der Waals surface area contributed by atoms with Crippen molar-refractivity contribution in [3.8, 4) is 11.1 Å². The largest absolute Gasteiger partial charge is 0.459 e. The zero-order valence-corrected chi connectivity index (χ0v) is 14.2. The molecule has 0 bridgehead atoms. The van der Waals surface area contributed by atoms with E-state index in [1.54, 1.807) is 32.0 Å². The highest BCUT2D eigenvalue weighted by Gasteiger charge is 2.26. The van der Waals surface area contributed by atoms with Crippen LogP contribution in [0.4, 0.5) is 11.4 Å². The van der Waals surface area contributed by atoms with Crippen LogP contribution in [0.3, 0.4) is 0 Å². The molecule has 2 aromatic carbocycles. The van der Waals surface area contributed by atoms with E-state index in [4.69, 9.17) is 10.5 Å². The summed E-state index contributed by atoms with van der Waals surface area (Å²) in [5.41, 5.74) is 6.34. The number of rotatable bonds is 4. The van der Waals surface area contributed by atoms with Gasteiger partial charge in [0, 0.05) is 4.47 Å². The van der Waals surface area contributed by atoms with Crippen LogP contribution in [0.2, 0.25) is 0 Å². The van der Waals surface area contributed by atoms with Crippen LogP contribution in [0.15, 0.2) is 40.9 Å². The van der Waals surface area contributed by atoms with E-state index in [-0.39, 0.29) is 23.0 Å². The predicted molar refractivity (Wildman–Crippen MR) is 91.2 cm³/mol. The van der Waals surface area contributed by atoms with Crippen molar-refractivity contribution in [3.05, 3.63) is 56.5 Å². The van der Waals surface area contributed by atoms with Crippen LogP contribution in [0.5, 0.6) is 0 Å². The molecule has 0 aliphatic heterocycles. The van der Waals surface area contributed by atoms with Crippen molar-refractivity contribution in [2.75, 3.05) is 5.73 Å². The zero-order valence-electron chi connectivity index (χ0n) is 12.6. The minimum Gasteiger partial charge on any atom is -0.459 e. The van der Waals surface area contributed by atoms with Crippen molar-refractivity contribution in [2.24, 2.45) is 0 Å². The summed E-state index contributed by atoms with van der Waals surface area (Å²) in [5.74, 6) is -0.679. The summed E-state index contributed by atoms with van der Waals surface area (Å²) in [6.07, 6.45) is -0.342. The van der Waals surface area contributed by atoms with E-state index in [2.05, 4.69) is 15.9 Å². The number of carbonyl (C=O) groups excluding carboxylic acids is 1. The summed E-state index contributed by atoms with van der Waals surface area (Å²) >= 11 is 3.33. The number of nitrogens with two attached hydrogens (primary N) is 1. The first-order chi connectivity index (χ1) is 10.8. The quantitative estimate of drug-likeness (QED) is 0.372. The van der Waals surface area contributed by atoms with Crippen LogP contribution in [0.1, 0.15) is 24.2 Å². The van der Waals surface area contributed by atoms with Crippen LogP contribution in [-0.4, -0.2) is 17.0 Å². The van der Waals surface area contributed by atoms with Gasteiger partial charge in [-0.1, -0.05) is 28.1 Å². The average Bonchev–Trinajstić information content (AvgIpc) is 2.45. The summed E-state index contributed by atoms with van der Waals surface area (Å²) < 4.78 is 5.85. The smallest absolute Gasteiger partial charge is 0.340 e. The molecule has 7 heteroatoms. The molecule has 0 aliphatic carbocycles. The van der Waals surface area contributed by atoms with Gasteiger partial charge in [0.15, 0.2) is 0 Å². The van der Waals surface area contributed by atoms with E-state index in [0.29, 0.717) is 11.1 Å². The first-order valence-electron chi connectivity index (χ1n) is 6.85. The van der Waals surface area contributed by atoms with E-state index < -0.39 is 10.9 Å². The third-order valence-electron chi connectivity index (χ3n) is 3.10. The number of nitrogen functional groups attached to an aromatic ring is 1. The molecular weight excluding hydrogens is 364 g/mol. The van der Waals surface area contributed by atoms with Crippen LogP contribution in [-0.2, 0) is 4.74 Å². The minimum atomic E-state index is -0.679. The number of ether oxygens (including phenoxy) is 1. The zero-order chi connectivity index (χ0) is 17.1. The maximum absolute atomic E-state index is 12.0. The standard InChI is InChI=1S/C16H15BrN2O4/c1-9(2)23-16(20)13-7-6-12(15(14(13)18)19(21)22)10-4-3-5-11(17)8-10/h3-9H,18H2,1-2H3. The molecule has 2 N–H and O–H groups in total. The predicted octanol–water partition coefficient (Wildman–Crippen LogP) is 4.17. The molecule has 120 valence electrons. The van der Waals surface area contributed by atoms with Crippen LogP contribution in [0, 0.1) is 10.1 Å². The number of benzene rings is 2. The Labute approximate surface area is 141 Å². The number of nitro groups is 1. The molecule has 0 unspecified atom stereocenters. The lowest BCUT2D eigenvalue weighted by atomic mass is 10.00. The number of hydrogen-bond donors (Lipinski definition) is 1. The van der Waals surface area contributed by atoms with Gasteiger partial charge < -0.3 is 10.5 Å². The van der Waals surface area contributed by atoms with Gasteiger partial charge in [0.05, 0.1) is 22.2 Å². The Morgan fingerprint density at radius 3 is 2.57 bits per heavy atom.